The number of hydrogen-bond acceptors (Lipinski definition) is 2. The second-order valence-corrected chi connectivity index (χ2v) is 6.37. The molecule has 0 spiro atoms. The van der Waals surface area contributed by atoms with Crippen LogP contribution in [0.25, 0.3) is 0 Å². The van der Waals surface area contributed by atoms with E-state index in [1.165, 1.54) is 0 Å². The zero-order valence-corrected chi connectivity index (χ0v) is 14.1. The first-order valence-corrected chi connectivity index (χ1v) is 8.24. The van der Waals surface area contributed by atoms with Gasteiger partial charge in [-0.25, -0.2) is 0 Å². The number of halogens is 1. The zero-order chi connectivity index (χ0) is 16.3. The van der Waals surface area contributed by atoms with Crippen molar-refractivity contribution in [2.75, 3.05) is 5.32 Å². The highest BCUT2D eigenvalue weighted by molar-refractivity contribution is 6.31. The summed E-state index contributed by atoms with van der Waals surface area (Å²) in [5.41, 5.74) is 1.00. The smallest absolute Gasteiger partial charge is 0.256 e. The van der Waals surface area contributed by atoms with E-state index in [4.69, 9.17) is 11.6 Å². The molecule has 1 aliphatic heterocycles. The summed E-state index contributed by atoms with van der Waals surface area (Å²) in [5, 5.41) is 3.29. The highest BCUT2D eigenvalue weighted by Crippen LogP contribution is 2.28. The van der Waals surface area contributed by atoms with Crippen molar-refractivity contribution in [3.05, 3.63) is 28.8 Å². The number of amides is 2. The van der Waals surface area contributed by atoms with Crippen molar-refractivity contribution in [2.24, 2.45) is 0 Å². The Kier molecular flexibility index (Phi) is 5.46. The minimum Gasteiger partial charge on any atom is -0.333 e. The van der Waals surface area contributed by atoms with Gasteiger partial charge in [-0.3, -0.25) is 9.59 Å². The largest absolute Gasteiger partial charge is 0.333 e. The molecule has 1 saturated heterocycles. The fourth-order valence-corrected chi connectivity index (χ4v) is 3.17. The maximum absolute atomic E-state index is 13.0. The summed E-state index contributed by atoms with van der Waals surface area (Å²) in [5.74, 6) is -0.176. The van der Waals surface area contributed by atoms with Gasteiger partial charge in [0.05, 0.1) is 11.3 Å². The second kappa shape index (κ2) is 7.14. The zero-order valence-electron chi connectivity index (χ0n) is 13.4. The van der Waals surface area contributed by atoms with E-state index in [-0.39, 0.29) is 23.9 Å². The number of carbonyl (C=O) groups is 2. The summed E-state index contributed by atoms with van der Waals surface area (Å²) in [4.78, 5) is 26.6. The van der Waals surface area contributed by atoms with Gasteiger partial charge in [0.1, 0.15) is 0 Å². The molecule has 1 heterocycles. The van der Waals surface area contributed by atoms with Gasteiger partial charge in [-0.15, -0.1) is 0 Å². The van der Waals surface area contributed by atoms with Gasteiger partial charge >= 0.3 is 0 Å². The standard InChI is InChI=1S/C17H23ClN2O2/c1-4-16(21)19-15-9-8-13(18)10-14(15)17(22)20-11(2)6-5-7-12(20)3/h8-12H,4-7H2,1-3H3,(H,19,21). The van der Waals surface area contributed by atoms with E-state index in [0.717, 1.165) is 19.3 Å². The van der Waals surface area contributed by atoms with Gasteiger partial charge in [-0.05, 0) is 51.3 Å². The van der Waals surface area contributed by atoms with Gasteiger partial charge in [0.2, 0.25) is 5.91 Å². The van der Waals surface area contributed by atoms with Crippen LogP contribution < -0.4 is 5.32 Å². The Morgan fingerprint density at radius 2 is 1.91 bits per heavy atom. The first-order chi connectivity index (χ1) is 10.4. The second-order valence-electron chi connectivity index (χ2n) is 5.93. The monoisotopic (exact) mass is 322 g/mol. The van der Waals surface area contributed by atoms with Crippen LogP contribution in [-0.2, 0) is 4.79 Å². The van der Waals surface area contributed by atoms with Crippen molar-refractivity contribution in [1.82, 2.24) is 4.90 Å². The van der Waals surface area contributed by atoms with Crippen molar-refractivity contribution in [2.45, 2.75) is 58.5 Å². The molecule has 0 radical (unpaired) electrons. The molecule has 2 rings (SSSR count). The minimum atomic E-state index is -0.115. The fraction of sp³-hybridized carbons (Fsp3) is 0.529. The summed E-state index contributed by atoms with van der Waals surface area (Å²) in [6, 6.07) is 5.42. The summed E-state index contributed by atoms with van der Waals surface area (Å²) in [7, 11) is 0. The van der Waals surface area contributed by atoms with Crippen LogP contribution in [0.5, 0.6) is 0 Å². The number of likely N-dealkylation sites (tertiary alicyclic amines) is 1. The molecule has 0 saturated carbocycles. The van der Waals surface area contributed by atoms with E-state index in [1.807, 2.05) is 4.90 Å². The quantitative estimate of drug-likeness (QED) is 0.911. The first kappa shape index (κ1) is 16.8. The number of benzene rings is 1. The topological polar surface area (TPSA) is 49.4 Å². The molecule has 2 unspecified atom stereocenters. The van der Waals surface area contributed by atoms with Crippen molar-refractivity contribution in [1.29, 1.82) is 0 Å². The molecule has 5 heteroatoms. The van der Waals surface area contributed by atoms with Crippen molar-refractivity contribution < 1.29 is 9.59 Å². The molecule has 0 aliphatic carbocycles. The number of carbonyl (C=O) groups excluding carboxylic acids is 2. The lowest BCUT2D eigenvalue weighted by Crippen LogP contribution is -2.47. The third-order valence-electron chi connectivity index (χ3n) is 4.24. The van der Waals surface area contributed by atoms with Crippen LogP contribution >= 0.6 is 11.6 Å². The van der Waals surface area contributed by atoms with E-state index >= 15 is 0 Å². The molecule has 0 bridgehead atoms. The van der Waals surface area contributed by atoms with Crippen LogP contribution in [0.4, 0.5) is 5.69 Å². The predicted octanol–water partition coefficient (Wildman–Crippen LogP) is 4.09. The van der Waals surface area contributed by atoms with Gasteiger partial charge in [-0.2, -0.15) is 0 Å². The molecule has 2 amide bonds. The van der Waals surface area contributed by atoms with E-state index < -0.39 is 0 Å². The Bertz CT molecular complexity index is 564. The van der Waals surface area contributed by atoms with Gasteiger partial charge in [-0.1, -0.05) is 18.5 Å². The van der Waals surface area contributed by atoms with Crippen LogP contribution in [0.15, 0.2) is 18.2 Å². The third kappa shape index (κ3) is 3.61. The fourth-order valence-electron chi connectivity index (χ4n) is 3.00. The van der Waals surface area contributed by atoms with Gasteiger partial charge in [0, 0.05) is 23.5 Å². The molecule has 1 fully saturated rings. The Hall–Kier alpha value is -1.55. The van der Waals surface area contributed by atoms with E-state index in [1.54, 1.807) is 25.1 Å². The predicted molar refractivity (Wildman–Crippen MR) is 89.3 cm³/mol. The lowest BCUT2D eigenvalue weighted by atomic mass is 9.96. The molecule has 120 valence electrons. The van der Waals surface area contributed by atoms with Crippen LogP contribution in [0.3, 0.4) is 0 Å². The van der Waals surface area contributed by atoms with Crippen molar-refractivity contribution >= 4 is 29.1 Å². The molecule has 1 aromatic carbocycles. The molecule has 0 aromatic heterocycles. The molecule has 1 aromatic rings. The summed E-state index contributed by atoms with van der Waals surface area (Å²) in [6.07, 6.45) is 3.52. The number of nitrogens with zero attached hydrogens (tertiary/aromatic N) is 1. The Morgan fingerprint density at radius 1 is 1.27 bits per heavy atom. The van der Waals surface area contributed by atoms with Crippen LogP contribution in [0.2, 0.25) is 5.02 Å². The Labute approximate surface area is 136 Å². The number of nitrogens with one attached hydrogen (secondary N) is 1. The highest BCUT2D eigenvalue weighted by atomic mass is 35.5. The number of anilines is 1. The normalized spacial score (nSPS) is 21.5. The average Bonchev–Trinajstić information content (AvgIpc) is 2.48. The Morgan fingerprint density at radius 3 is 2.50 bits per heavy atom. The SMILES string of the molecule is CCC(=O)Nc1ccc(Cl)cc1C(=O)N1C(C)CCCC1C. The molecule has 1 aliphatic rings. The molecule has 22 heavy (non-hydrogen) atoms. The molecule has 2 atom stereocenters. The summed E-state index contributed by atoms with van der Waals surface area (Å²) < 4.78 is 0. The van der Waals surface area contributed by atoms with Crippen LogP contribution in [-0.4, -0.2) is 28.8 Å². The molecule has 1 N–H and O–H groups in total. The van der Waals surface area contributed by atoms with Crippen LogP contribution in [0.1, 0.15) is 56.8 Å². The maximum Gasteiger partial charge on any atom is 0.256 e. The number of piperidine rings is 1. The third-order valence-corrected chi connectivity index (χ3v) is 4.47. The van der Waals surface area contributed by atoms with E-state index in [2.05, 4.69) is 19.2 Å². The van der Waals surface area contributed by atoms with E-state index in [0.29, 0.717) is 22.7 Å². The summed E-state index contributed by atoms with van der Waals surface area (Å²) >= 11 is 6.06. The maximum atomic E-state index is 13.0. The Balaban J connectivity index is 2.35. The van der Waals surface area contributed by atoms with Crippen molar-refractivity contribution in [3.63, 3.8) is 0 Å². The van der Waals surface area contributed by atoms with E-state index in [9.17, 15) is 9.59 Å². The average molecular weight is 323 g/mol. The molecule has 4 nitrogen and oxygen atoms in total. The highest BCUT2D eigenvalue weighted by Gasteiger charge is 2.31. The number of rotatable bonds is 3. The van der Waals surface area contributed by atoms with Gasteiger partial charge in [0.15, 0.2) is 0 Å². The number of hydrogen-bond donors (Lipinski definition) is 1. The van der Waals surface area contributed by atoms with Gasteiger partial charge in [0.25, 0.3) is 5.91 Å². The first-order valence-electron chi connectivity index (χ1n) is 7.86. The molecular formula is C17H23ClN2O2. The lowest BCUT2D eigenvalue weighted by molar-refractivity contribution is -0.115. The minimum absolute atomic E-state index is 0.0615. The van der Waals surface area contributed by atoms with Crippen molar-refractivity contribution in [3.8, 4) is 0 Å². The molecular weight excluding hydrogens is 300 g/mol. The lowest BCUT2D eigenvalue weighted by Gasteiger charge is -2.39. The van der Waals surface area contributed by atoms with Gasteiger partial charge < -0.3 is 10.2 Å². The summed E-state index contributed by atoms with van der Waals surface area (Å²) in [6.45, 7) is 5.92. The van der Waals surface area contributed by atoms with Crippen LogP contribution in [0, 0.1) is 0 Å².